The minimum Gasteiger partial charge on any atom is -0.293 e. The highest BCUT2D eigenvalue weighted by molar-refractivity contribution is 7.16. The number of nitrogens with zero attached hydrogens (tertiary/aromatic N) is 4. The third kappa shape index (κ3) is 3.30. The van der Waals surface area contributed by atoms with Crippen LogP contribution < -0.4 is 5.56 Å². The van der Waals surface area contributed by atoms with Gasteiger partial charge in [0.15, 0.2) is 0 Å². The molecule has 120 valence electrons. The van der Waals surface area contributed by atoms with Crippen LogP contribution in [0.1, 0.15) is 29.2 Å². The molecule has 0 radical (unpaired) electrons. The Morgan fingerprint density at radius 3 is 2.74 bits per heavy atom. The van der Waals surface area contributed by atoms with Gasteiger partial charge in [0.25, 0.3) is 5.56 Å². The number of aryl methyl sites for hydroxylation is 1. The Morgan fingerprint density at radius 2 is 2.04 bits per heavy atom. The molecular weight excluding hydrogens is 315 g/mol. The second kappa shape index (κ2) is 6.17. The lowest BCUT2D eigenvalue weighted by molar-refractivity contribution is 0.252. The summed E-state index contributed by atoms with van der Waals surface area (Å²) in [5.41, 5.74) is 1.56. The van der Waals surface area contributed by atoms with Crippen molar-refractivity contribution in [3.8, 4) is 0 Å². The van der Waals surface area contributed by atoms with Crippen LogP contribution in [-0.2, 0) is 6.54 Å². The van der Waals surface area contributed by atoms with Crippen LogP contribution in [0.5, 0.6) is 0 Å². The predicted molar refractivity (Wildman–Crippen MR) is 88.2 cm³/mol. The summed E-state index contributed by atoms with van der Waals surface area (Å²) < 4.78 is 14.4. The molecule has 0 saturated carbocycles. The van der Waals surface area contributed by atoms with E-state index < -0.39 is 0 Å². The summed E-state index contributed by atoms with van der Waals surface area (Å²) in [4.78, 5) is 18.9. The summed E-state index contributed by atoms with van der Waals surface area (Å²) in [6.45, 7) is 4.43. The van der Waals surface area contributed by atoms with Crippen molar-refractivity contribution in [2.24, 2.45) is 0 Å². The van der Waals surface area contributed by atoms with E-state index >= 15 is 0 Å². The lowest BCUT2D eigenvalue weighted by Gasteiger charge is -2.23. The van der Waals surface area contributed by atoms with Gasteiger partial charge < -0.3 is 0 Å². The maximum absolute atomic E-state index is 13.0. The zero-order valence-electron chi connectivity index (χ0n) is 13.2. The fraction of sp³-hybridized carbons (Fsp3) is 0.312. The molecule has 1 atom stereocenters. The topological polar surface area (TPSA) is 50.5 Å². The molecule has 0 bridgehead atoms. The highest BCUT2D eigenvalue weighted by atomic mass is 32.1. The molecule has 0 aliphatic carbocycles. The van der Waals surface area contributed by atoms with Gasteiger partial charge >= 0.3 is 0 Å². The molecule has 2 heterocycles. The molecule has 0 unspecified atom stereocenters. The van der Waals surface area contributed by atoms with Gasteiger partial charge in [-0.1, -0.05) is 23.5 Å². The number of halogens is 1. The van der Waals surface area contributed by atoms with E-state index in [9.17, 15) is 9.18 Å². The van der Waals surface area contributed by atoms with Gasteiger partial charge in [0.05, 0.1) is 6.54 Å². The number of rotatable bonds is 4. The van der Waals surface area contributed by atoms with Crippen molar-refractivity contribution in [2.75, 3.05) is 7.05 Å². The fourth-order valence-electron chi connectivity index (χ4n) is 2.37. The van der Waals surface area contributed by atoms with Crippen LogP contribution in [0.4, 0.5) is 4.39 Å². The van der Waals surface area contributed by atoms with E-state index in [-0.39, 0.29) is 17.4 Å². The first kappa shape index (κ1) is 15.8. The van der Waals surface area contributed by atoms with Crippen molar-refractivity contribution >= 4 is 16.3 Å². The van der Waals surface area contributed by atoms with Crippen molar-refractivity contribution in [3.63, 3.8) is 0 Å². The molecule has 7 heteroatoms. The second-order valence-corrected chi connectivity index (χ2v) is 6.61. The molecule has 0 aliphatic rings. The maximum Gasteiger partial charge on any atom is 0.275 e. The molecule has 3 rings (SSSR count). The quantitative estimate of drug-likeness (QED) is 0.737. The largest absolute Gasteiger partial charge is 0.293 e. The molecule has 23 heavy (non-hydrogen) atoms. The van der Waals surface area contributed by atoms with Crippen molar-refractivity contribution < 1.29 is 4.39 Å². The summed E-state index contributed by atoms with van der Waals surface area (Å²) in [6, 6.07) is 8.07. The summed E-state index contributed by atoms with van der Waals surface area (Å²) in [6.07, 6.45) is 0. The lowest BCUT2D eigenvalue weighted by Crippen LogP contribution is -2.22. The average Bonchev–Trinajstić information content (AvgIpc) is 2.90. The van der Waals surface area contributed by atoms with Gasteiger partial charge in [-0.15, -0.1) is 0 Å². The molecule has 0 spiro atoms. The Hall–Kier alpha value is -2.12. The average molecular weight is 332 g/mol. The smallest absolute Gasteiger partial charge is 0.275 e. The lowest BCUT2D eigenvalue weighted by atomic mass is 10.1. The number of fused-ring (bicyclic) bond motifs is 1. The van der Waals surface area contributed by atoms with Crippen molar-refractivity contribution in [1.29, 1.82) is 0 Å². The first-order valence-electron chi connectivity index (χ1n) is 7.26. The third-order valence-electron chi connectivity index (χ3n) is 3.81. The van der Waals surface area contributed by atoms with Gasteiger partial charge in [0, 0.05) is 17.8 Å². The Labute approximate surface area is 137 Å². The standard InChI is InChI=1S/C16H17FN4OS/c1-10-8-15(22)21-16(18-10)23-14(19-21)9-20(3)11(2)12-4-6-13(17)7-5-12/h4-8,11H,9H2,1-3H3/t11-/m1/s1. The second-order valence-electron chi connectivity index (χ2n) is 5.57. The maximum atomic E-state index is 13.0. The first-order chi connectivity index (χ1) is 10.9. The van der Waals surface area contributed by atoms with E-state index in [1.807, 2.05) is 7.05 Å². The van der Waals surface area contributed by atoms with Gasteiger partial charge in [0.2, 0.25) is 4.96 Å². The molecule has 0 fully saturated rings. The fourth-order valence-corrected chi connectivity index (χ4v) is 3.38. The summed E-state index contributed by atoms with van der Waals surface area (Å²) in [5.74, 6) is -0.240. The number of aromatic nitrogens is 3. The zero-order valence-corrected chi connectivity index (χ0v) is 14.0. The molecule has 0 aliphatic heterocycles. The zero-order chi connectivity index (χ0) is 16.6. The van der Waals surface area contributed by atoms with Crippen molar-refractivity contribution in [2.45, 2.75) is 26.4 Å². The Bertz CT molecular complexity index is 887. The van der Waals surface area contributed by atoms with Crippen LogP contribution in [0.2, 0.25) is 0 Å². The van der Waals surface area contributed by atoms with Crippen LogP contribution in [0, 0.1) is 12.7 Å². The molecule has 0 N–H and O–H groups in total. The molecule has 2 aromatic heterocycles. The minimum atomic E-state index is -0.240. The minimum absolute atomic E-state index is 0.106. The van der Waals surface area contributed by atoms with Crippen molar-refractivity contribution in [3.05, 3.63) is 62.8 Å². The first-order valence-corrected chi connectivity index (χ1v) is 8.08. The van der Waals surface area contributed by atoms with Crippen LogP contribution in [0.25, 0.3) is 4.96 Å². The number of hydrogen-bond donors (Lipinski definition) is 0. The SMILES string of the molecule is Cc1cc(=O)n2nc(CN(C)[C@H](C)c3ccc(F)cc3)sc2n1. The highest BCUT2D eigenvalue weighted by Gasteiger charge is 2.15. The van der Waals surface area contributed by atoms with E-state index in [1.165, 1.54) is 34.1 Å². The Morgan fingerprint density at radius 1 is 1.35 bits per heavy atom. The Kier molecular flexibility index (Phi) is 4.23. The van der Waals surface area contributed by atoms with Gasteiger partial charge in [-0.2, -0.15) is 9.61 Å². The van der Waals surface area contributed by atoms with Crippen molar-refractivity contribution in [1.82, 2.24) is 19.5 Å². The number of hydrogen-bond acceptors (Lipinski definition) is 5. The molecule has 0 amide bonds. The molecule has 3 aromatic rings. The van der Waals surface area contributed by atoms with Gasteiger partial charge in [-0.25, -0.2) is 9.37 Å². The van der Waals surface area contributed by atoms with E-state index in [4.69, 9.17) is 0 Å². The molecule has 1 aromatic carbocycles. The van der Waals surface area contributed by atoms with E-state index in [0.29, 0.717) is 17.2 Å². The Balaban J connectivity index is 1.82. The summed E-state index contributed by atoms with van der Waals surface area (Å²) in [7, 11) is 1.97. The van der Waals surface area contributed by atoms with Crippen LogP contribution in [-0.4, -0.2) is 26.5 Å². The van der Waals surface area contributed by atoms with Crippen LogP contribution in [0.15, 0.2) is 35.1 Å². The highest BCUT2D eigenvalue weighted by Crippen LogP contribution is 2.22. The van der Waals surface area contributed by atoms with E-state index in [2.05, 4.69) is 21.9 Å². The summed E-state index contributed by atoms with van der Waals surface area (Å²) >= 11 is 1.41. The van der Waals surface area contributed by atoms with E-state index in [1.54, 1.807) is 19.1 Å². The number of benzene rings is 1. The van der Waals surface area contributed by atoms with Gasteiger partial charge in [0.1, 0.15) is 10.8 Å². The van der Waals surface area contributed by atoms with Crippen LogP contribution in [0.3, 0.4) is 0 Å². The molecule has 5 nitrogen and oxygen atoms in total. The van der Waals surface area contributed by atoms with Gasteiger partial charge in [-0.3, -0.25) is 9.69 Å². The predicted octanol–water partition coefficient (Wildman–Crippen LogP) is 2.79. The monoisotopic (exact) mass is 332 g/mol. The summed E-state index contributed by atoms with van der Waals surface area (Å²) in [5, 5.41) is 5.16. The van der Waals surface area contributed by atoms with Crippen LogP contribution >= 0.6 is 11.3 Å². The molecular formula is C16H17FN4OS. The molecule has 0 saturated heterocycles. The van der Waals surface area contributed by atoms with E-state index in [0.717, 1.165) is 10.6 Å². The third-order valence-corrected chi connectivity index (χ3v) is 4.71. The van der Waals surface area contributed by atoms with Gasteiger partial charge in [-0.05, 0) is 38.6 Å². The normalized spacial score (nSPS) is 12.9.